The van der Waals surface area contributed by atoms with Crippen LogP contribution >= 0.6 is 0 Å². The number of nitrogens with zero attached hydrogens (tertiary/aromatic N) is 3. The second-order valence-electron chi connectivity index (χ2n) is 7.34. The first-order valence-corrected chi connectivity index (χ1v) is 11.2. The quantitative estimate of drug-likeness (QED) is 0.674. The van der Waals surface area contributed by atoms with Gasteiger partial charge >= 0.3 is 0 Å². The Hall–Kier alpha value is -2.71. The number of benzene rings is 1. The molecule has 2 aromatic heterocycles. The Kier molecular flexibility index (Phi) is 5.38. The summed E-state index contributed by atoms with van der Waals surface area (Å²) in [4.78, 5) is 17.2. The van der Waals surface area contributed by atoms with Crippen molar-refractivity contribution in [2.45, 2.75) is 31.1 Å². The van der Waals surface area contributed by atoms with E-state index in [2.05, 4.69) is 10.3 Å². The van der Waals surface area contributed by atoms with Gasteiger partial charge < -0.3 is 9.72 Å². The summed E-state index contributed by atoms with van der Waals surface area (Å²) in [6.45, 7) is 3.60. The van der Waals surface area contributed by atoms with E-state index in [1.165, 1.54) is 16.4 Å². The Morgan fingerprint density at radius 2 is 1.86 bits per heavy atom. The molecule has 0 saturated carbocycles. The van der Waals surface area contributed by atoms with Crippen LogP contribution in [-0.2, 0) is 16.4 Å². The molecule has 3 heterocycles. The summed E-state index contributed by atoms with van der Waals surface area (Å²) in [6.07, 6.45) is 6.33. The van der Waals surface area contributed by atoms with Gasteiger partial charge in [-0.3, -0.25) is 4.79 Å². The van der Waals surface area contributed by atoms with Gasteiger partial charge in [0, 0.05) is 44.0 Å². The van der Waals surface area contributed by atoms with E-state index in [-0.39, 0.29) is 10.8 Å². The third-order valence-electron chi connectivity index (χ3n) is 5.15. The minimum Gasteiger partial charge on any atom is -0.352 e. The third kappa shape index (κ3) is 4.18. The van der Waals surface area contributed by atoms with Crippen LogP contribution in [0.25, 0.3) is 5.65 Å². The maximum Gasteiger partial charge on any atom is 0.251 e. The highest BCUT2D eigenvalue weighted by molar-refractivity contribution is 7.89. The number of fused-ring (bicyclic) bond motifs is 1. The zero-order valence-corrected chi connectivity index (χ0v) is 17.2. The summed E-state index contributed by atoms with van der Waals surface area (Å²) in [5.74, 6) is -0.227. The molecule has 4 rings (SSSR count). The maximum absolute atomic E-state index is 12.6. The van der Waals surface area contributed by atoms with Crippen LogP contribution in [-0.4, -0.2) is 47.6 Å². The van der Waals surface area contributed by atoms with Crippen molar-refractivity contribution in [3.8, 4) is 0 Å². The smallest absolute Gasteiger partial charge is 0.251 e. The van der Waals surface area contributed by atoms with E-state index in [1.807, 2.05) is 35.9 Å². The van der Waals surface area contributed by atoms with Crippen LogP contribution in [0.3, 0.4) is 0 Å². The molecular formula is C21H24N4O3S. The van der Waals surface area contributed by atoms with Crippen LogP contribution in [0.2, 0.25) is 0 Å². The molecule has 29 heavy (non-hydrogen) atoms. The molecule has 0 aliphatic carbocycles. The minimum atomic E-state index is -3.46. The van der Waals surface area contributed by atoms with E-state index in [9.17, 15) is 13.2 Å². The Labute approximate surface area is 170 Å². The van der Waals surface area contributed by atoms with E-state index < -0.39 is 10.0 Å². The number of hydrogen-bond acceptors (Lipinski definition) is 4. The molecule has 1 saturated heterocycles. The van der Waals surface area contributed by atoms with Crippen LogP contribution < -0.4 is 5.32 Å². The van der Waals surface area contributed by atoms with Crippen molar-refractivity contribution in [2.24, 2.45) is 0 Å². The normalized spacial score (nSPS) is 15.1. The molecule has 1 aliphatic rings. The summed E-state index contributed by atoms with van der Waals surface area (Å²) >= 11 is 0. The molecule has 0 spiro atoms. The molecule has 1 aromatic carbocycles. The van der Waals surface area contributed by atoms with Crippen LogP contribution in [0.15, 0.2) is 53.7 Å². The minimum absolute atomic E-state index is 0.227. The number of rotatable bonds is 6. The van der Waals surface area contributed by atoms with Crippen molar-refractivity contribution in [3.63, 3.8) is 0 Å². The Balaban J connectivity index is 1.35. The first-order valence-electron chi connectivity index (χ1n) is 9.76. The van der Waals surface area contributed by atoms with Gasteiger partial charge in [-0.15, -0.1) is 0 Å². The van der Waals surface area contributed by atoms with Gasteiger partial charge in [0.05, 0.1) is 10.6 Å². The number of aromatic nitrogens is 2. The second kappa shape index (κ2) is 7.96. The molecule has 0 unspecified atom stereocenters. The van der Waals surface area contributed by atoms with E-state index in [0.717, 1.165) is 29.7 Å². The molecule has 1 aliphatic heterocycles. The molecule has 0 bridgehead atoms. The standard InChI is InChI=1S/C21H24N4O3S/c1-16-9-13-24-15-18(23-20(24)14-16)8-10-22-21(26)17-4-6-19(7-5-17)29(27,28)25-11-2-3-12-25/h4-7,9,13-15H,2-3,8,10-12H2,1H3,(H,22,26). The van der Waals surface area contributed by atoms with Crippen molar-refractivity contribution in [1.29, 1.82) is 0 Å². The first kappa shape index (κ1) is 19.6. The topological polar surface area (TPSA) is 83.8 Å². The highest BCUT2D eigenvalue weighted by Crippen LogP contribution is 2.21. The lowest BCUT2D eigenvalue weighted by atomic mass is 10.2. The number of sulfonamides is 1. The molecular weight excluding hydrogens is 388 g/mol. The Morgan fingerprint density at radius 3 is 2.59 bits per heavy atom. The van der Waals surface area contributed by atoms with E-state index >= 15 is 0 Å². The number of amides is 1. The van der Waals surface area contributed by atoms with Crippen LogP contribution in [0.4, 0.5) is 0 Å². The van der Waals surface area contributed by atoms with Gasteiger partial charge in [-0.05, 0) is 61.7 Å². The number of carbonyl (C=O) groups excluding carboxylic acids is 1. The monoisotopic (exact) mass is 412 g/mol. The van der Waals surface area contributed by atoms with E-state index in [0.29, 0.717) is 31.6 Å². The molecule has 152 valence electrons. The highest BCUT2D eigenvalue weighted by atomic mass is 32.2. The van der Waals surface area contributed by atoms with Gasteiger partial charge in [0.1, 0.15) is 5.65 Å². The van der Waals surface area contributed by atoms with Crippen LogP contribution in [0.1, 0.15) is 34.5 Å². The molecule has 8 heteroatoms. The number of pyridine rings is 1. The summed E-state index contributed by atoms with van der Waals surface area (Å²) < 4.78 is 28.6. The fourth-order valence-electron chi connectivity index (χ4n) is 3.52. The van der Waals surface area contributed by atoms with Crippen molar-refractivity contribution in [3.05, 3.63) is 65.6 Å². The average molecular weight is 413 g/mol. The van der Waals surface area contributed by atoms with Gasteiger partial charge in [-0.2, -0.15) is 4.31 Å². The highest BCUT2D eigenvalue weighted by Gasteiger charge is 2.27. The second-order valence-corrected chi connectivity index (χ2v) is 9.28. The van der Waals surface area contributed by atoms with E-state index in [4.69, 9.17) is 0 Å². The fourth-order valence-corrected chi connectivity index (χ4v) is 5.04. The predicted molar refractivity (Wildman–Crippen MR) is 110 cm³/mol. The van der Waals surface area contributed by atoms with Crippen LogP contribution in [0, 0.1) is 6.92 Å². The number of carbonyl (C=O) groups is 1. The van der Waals surface area contributed by atoms with Crippen molar-refractivity contribution in [2.75, 3.05) is 19.6 Å². The van der Waals surface area contributed by atoms with Gasteiger partial charge in [0.15, 0.2) is 0 Å². The number of imidazole rings is 1. The third-order valence-corrected chi connectivity index (χ3v) is 7.06. The van der Waals surface area contributed by atoms with Gasteiger partial charge in [-0.25, -0.2) is 13.4 Å². The zero-order valence-electron chi connectivity index (χ0n) is 16.3. The summed E-state index contributed by atoms with van der Waals surface area (Å²) in [6, 6.07) is 10.2. The number of nitrogens with one attached hydrogen (secondary N) is 1. The Bertz CT molecular complexity index is 1130. The first-order chi connectivity index (χ1) is 13.9. The molecule has 1 amide bonds. The number of hydrogen-bond donors (Lipinski definition) is 1. The summed E-state index contributed by atoms with van der Waals surface area (Å²) in [5.41, 5.74) is 3.39. The molecule has 0 atom stereocenters. The number of aryl methyl sites for hydroxylation is 1. The molecule has 3 aromatic rings. The SMILES string of the molecule is Cc1ccn2cc(CCNC(=O)c3ccc(S(=O)(=O)N4CCCC4)cc3)nc2c1. The lowest BCUT2D eigenvalue weighted by Gasteiger charge is -2.15. The van der Waals surface area contributed by atoms with Crippen LogP contribution in [0.5, 0.6) is 0 Å². The summed E-state index contributed by atoms with van der Waals surface area (Å²) in [7, 11) is -3.46. The lowest BCUT2D eigenvalue weighted by Crippen LogP contribution is -2.28. The van der Waals surface area contributed by atoms with Gasteiger partial charge in [-0.1, -0.05) is 0 Å². The summed E-state index contributed by atoms with van der Waals surface area (Å²) in [5, 5.41) is 2.87. The predicted octanol–water partition coefficient (Wildman–Crippen LogP) is 2.40. The zero-order chi connectivity index (χ0) is 20.4. The lowest BCUT2D eigenvalue weighted by molar-refractivity contribution is 0.0954. The molecule has 7 nitrogen and oxygen atoms in total. The molecule has 1 fully saturated rings. The van der Waals surface area contributed by atoms with Crippen molar-refractivity contribution in [1.82, 2.24) is 19.0 Å². The average Bonchev–Trinajstić information content (AvgIpc) is 3.38. The van der Waals surface area contributed by atoms with Gasteiger partial charge in [0.25, 0.3) is 5.91 Å². The molecule has 0 radical (unpaired) electrons. The van der Waals surface area contributed by atoms with Crippen molar-refractivity contribution < 1.29 is 13.2 Å². The maximum atomic E-state index is 12.6. The molecule has 1 N–H and O–H groups in total. The van der Waals surface area contributed by atoms with Crippen molar-refractivity contribution >= 4 is 21.6 Å². The largest absolute Gasteiger partial charge is 0.352 e. The van der Waals surface area contributed by atoms with Gasteiger partial charge in [0.2, 0.25) is 10.0 Å². The Morgan fingerprint density at radius 1 is 1.14 bits per heavy atom. The fraction of sp³-hybridized carbons (Fsp3) is 0.333. The van der Waals surface area contributed by atoms with E-state index in [1.54, 1.807) is 12.1 Å².